The number of aliphatic hydroxyl groups is 3. The number of nitrogens with one attached hydrogen (secondary N) is 1. The second kappa shape index (κ2) is 7.04. The number of imidazole rings is 1. The molecule has 1 aromatic carbocycles. The Bertz CT molecular complexity index is 1110. The number of benzene rings is 1. The zero-order chi connectivity index (χ0) is 20.8. The number of Topliss-reactive ketones (excluding diaryl/α,β-unsaturated/α-hetero) is 1. The Morgan fingerprint density at radius 3 is 2.69 bits per heavy atom. The molecule has 0 radical (unpaired) electrons. The first-order valence-corrected chi connectivity index (χ1v) is 8.84. The van der Waals surface area contributed by atoms with E-state index in [0.29, 0.717) is 5.56 Å². The molecule has 0 saturated carbocycles. The minimum absolute atomic E-state index is 0.0995. The molecule has 11 heteroatoms. The Kier molecular flexibility index (Phi) is 4.67. The summed E-state index contributed by atoms with van der Waals surface area (Å²) < 4.78 is 6.81. The van der Waals surface area contributed by atoms with E-state index in [0.717, 1.165) is 10.9 Å². The van der Waals surface area contributed by atoms with Gasteiger partial charge in [-0.2, -0.15) is 4.98 Å². The zero-order valence-corrected chi connectivity index (χ0v) is 15.1. The fraction of sp³-hybridized carbons (Fsp3) is 0.333. The number of hydrogen-bond acceptors (Lipinski definition) is 9. The first-order valence-electron chi connectivity index (χ1n) is 8.84. The summed E-state index contributed by atoms with van der Waals surface area (Å²) in [5, 5.41) is 30.7. The molecule has 1 saturated heterocycles. The fourth-order valence-electron chi connectivity index (χ4n) is 3.59. The SMILES string of the molecule is Nc1nc2c(ncn2[C@]2(C(=O)Cc3ccccc3)O[C@H](CO)[C@@H](O)[C@H]2O)c(=O)[nH]1. The van der Waals surface area contributed by atoms with Gasteiger partial charge in [0.1, 0.15) is 24.6 Å². The molecule has 29 heavy (non-hydrogen) atoms. The molecule has 0 spiro atoms. The standard InChI is InChI=1S/C18H19N5O6/c19-17-21-15-12(16(28)22-17)20-8-23(15)18(14(27)13(26)10(7-24)29-18)11(25)6-9-4-2-1-3-5-9/h1-5,8,10,13-14,24,26-27H,6-7H2,(H3,19,21,22,28)/t10-,13-,14-,18-/m1/s1. The number of aromatic nitrogens is 4. The first kappa shape index (κ1) is 19.2. The molecule has 4 rings (SSSR count). The number of nitrogen functional groups attached to an aromatic ring is 1. The fourth-order valence-corrected chi connectivity index (χ4v) is 3.59. The van der Waals surface area contributed by atoms with Crippen LogP contribution in [0.2, 0.25) is 0 Å². The minimum atomic E-state index is -2.16. The number of carbonyl (C=O) groups is 1. The third-order valence-electron chi connectivity index (χ3n) is 5.01. The highest BCUT2D eigenvalue weighted by Gasteiger charge is 2.60. The average molecular weight is 401 g/mol. The van der Waals surface area contributed by atoms with Crippen molar-refractivity contribution in [1.82, 2.24) is 19.5 Å². The van der Waals surface area contributed by atoms with Crippen molar-refractivity contribution in [3.63, 3.8) is 0 Å². The third-order valence-corrected chi connectivity index (χ3v) is 5.01. The number of carbonyl (C=O) groups excluding carboxylic acids is 1. The zero-order valence-electron chi connectivity index (χ0n) is 15.1. The van der Waals surface area contributed by atoms with Crippen molar-refractivity contribution in [3.05, 3.63) is 52.6 Å². The van der Waals surface area contributed by atoms with Crippen molar-refractivity contribution in [2.24, 2.45) is 0 Å². The molecule has 2 aromatic heterocycles. The predicted molar refractivity (Wildman–Crippen MR) is 99.7 cm³/mol. The number of nitrogens with zero attached hydrogens (tertiary/aromatic N) is 3. The lowest BCUT2D eigenvalue weighted by Gasteiger charge is -2.32. The van der Waals surface area contributed by atoms with Crippen LogP contribution in [0.3, 0.4) is 0 Å². The minimum Gasteiger partial charge on any atom is -0.394 e. The Labute approximate surface area is 163 Å². The summed E-state index contributed by atoms with van der Waals surface area (Å²) in [5.74, 6) is -0.840. The molecular weight excluding hydrogens is 382 g/mol. The molecule has 3 aromatic rings. The summed E-state index contributed by atoms with van der Waals surface area (Å²) in [7, 11) is 0. The molecule has 0 bridgehead atoms. The monoisotopic (exact) mass is 401 g/mol. The van der Waals surface area contributed by atoms with E-state index in [1.807, 2.05) is 0 Å². The molecule has 6 N–H and O–H groups in total. The van der Waals surface area contributed by atoms with Gasteiger partial charge < -0.3 is 25.8 Å². The van der Waals surface area contributed by atoms with E-state index in [1.165, 1.54) is 0 Å². The number of ether oxygens (including phenoxy) is 1. The summed E-state index contributed by atoms with van der Waals surface area (Å²) in [4.78, 5) is 35.8. The summed E-state index contributed by atoms with van der Waals surface area (Å²) in [5.41, 5.74) is 3.25. The van der Waals surface area contributed by atoms with Gasteiger partial charge in [-0.1, -0.05) is 30.3 Å². The van der Waals surface area contributed by atoms with Gasteiger partial charge in [0.2, 0.25) is 11.7 Å². The van der Waals surface area contributed by atoms with Crippen LogP contribution in [0.25, 0.3) is 11.2 Å². The van der Waals surface area contributed by atoms with Gasteiger partial charge in [0.15, 0.2) is 16.9 Å². The molecule has 0 aliphatic carbocycles. The second-order valence-electron chi connectivity index (χ2n) is 6.79. The van der Waals surface area contributed by atoms with Crippen molar-refractivity contribution in [1.29, 1.82) is 0 Å². The van der Waals surface area contributed by atoms with E-state index < -0.39 is 42.0 Å². The van der Waals surface area contributed by atoms with E-state index in [-0.39, 0.29) is 23.5 Å². The van der Waals surface area contributed by atoms with E-state index in [2.05, 4.69) is 15.0 Å². The van der Waals surface area contributed by atoms with Crippen LogP contribution in [0.5, 0.6) is 0 Å². The number of hydrogen-bond donors (Lipinski definition) is 5. The molecule has 1 fully saturated rings. The predicted octanol–water partition coefficient (Wildman–Crippen LogP) is -1.72. The van der Waals surface area contributed by atoms with Gasteiger partial charge in [0.25, 0.3) is 5.56 Å². The van der Waals surface area contributed by atoms with E-state index in [4.69, 9.17) is 10.5 Å². The van der Waals surface area contributed by atoms with Gasteiger partial charge in [0.05, 0.1) is 6.61 Å². The smallest absolute Gasteiger partial charge is 0.280 e. The highest BCUT2D eigenvalue weighted by atomic mass is 16.6. The Hall–Kier alpha value is -3.12. The first-order chi connectivity index (χ1) is 13.9. The molecule has 3 heterocycles. The number of rotatable bonds is 5. The lowest BCUT2D eigenvalue weighted by atomic mass is 9.93. The summed E-state index contributed by atoms with van der Waals surface area (Å²) >= 11 is 0. The maximum atomic E-state index is 13.4. The van der Waals surface area contributed by atoms with Crippen molar-refractivity contribution in [3.8, 4) is 0 Å². The molecule has 152 valence electrons. The lowest BCUT2D eigenvalue weighted by Crippen LogP contribution is -2.52. The normalized spacial score (nSPS) is 26.8. The molecule has 1 aliphatic heterocycles. The van der Waals surface area contributed by atoms with Gasteiger partial charge in [-0.25, -0.2) is 4.98 Å². The number of anilines is 1. The number of H-pyrrole nitrogens is 1. The third kappa shape index (κ3) is 2.91. The van der Waals surface area contributed by atoms with Gasteiger partial charge in [-0.05, 0) is 5.56 Å². The van der Waals surface area contributed by atoms with Crippen LogP contribution >= 0.6 is 0 Å². The number of ketones is 1. The van der Waals surface area contributed by atoms with Gasteiger partial charge in [-0.15, -0.1) is 0 Å². The van der Waals surface area contributed by atoms with Gasteiger partial charge in [0, 0.05) is 6.42 Å². The highest BCUT2D eigenvalue weighted by molar-refractivity contribution is 5.90. The second-order valence-corrected chi connectivity index (χ2v) is 6.79. The summed E-state index contributed by atoms with van der Waals surface area (Å²) in [6.45, 7) is -0.638. The molecule has 11 nitrogen and oxygen atoms in total. The molecule has 1 aliphatic rings. The molecule has 0 amide bonds. The van der Waals surface area contributed by atoms with Gasteiger partial charge >= 0.3 is 0 Å². The Balaban J connectivity index is 1.91. The molecule has 0 unspecified atom stereocenters. The maximum absolute atomic E-state index is 13.4. The van der Waals surface area contributed by atoms with Crippen LogP contribution in [0.15, 0.2) is 41.5 Å². The van der Waals surface area contributed by atoms with Gasteiger partial charge in [-0.3, -0.25) is 19.1 Å². The van der Waals surface area contributed by atoms with Crippen LogP contribution in [0.4, 0.5) is 5.95 Å². The topological polar surface area (TPSA) is 177 Å². The van der Waals surface area contributed by atoms with Crippen LogP contribution in [-0.2, 0) is 21.7 Å². The molecule has 4 atom stereocenters. The van der Waals surface area contributed by atoms with E-state index >= 15 is 0 Å². The number of aliphatic hydroxyl groups excluding tert-OH is 3. The average Bonchev–Trinajstić information content (AvgIpc) is 3.23. The van der Waals surface area contributed by atoms with Crippen LogP contribution in [-0.4, -0.2) is 65.5 Å². The number of aromatic amines is 1. The Morgan fingerprint density at radius 1 is 1.31 bits per heavy atom. The molecular formula is C18H19N5O6. The van der Waals surface area contributed by atoms with Crippen molar-refractivity contribution in [2.45, 2.75) is 30.5 Å². The van der Waals surface area contributed by atoms with E-state index in [1.54, 1.807) is 30.3 Å². The van der Waals surface area contributed by atoms with Crippen molar-refractivity contribution in [2.75, 3.05) is 12.3 Å². The summed E-state index contributed by atoms with van der Waals surface area (Å²) in [6, 6.07) is 8.74. The van der Waals surface area contributed by atoms with Crippen LogP contribution in [0.1, 0.15) is 5.56 Å². The van der Waals surface area contributed by atoms with Crippen molar-refractivity contribution >= 4 is 22.9 Å². The lowest BCUT2D eigenvalue weighted by molar-refractivity contribution is -0.173. The summed E-state index contributed by atoms with van der Waals surface area (Å²) in [6.07, 6.45) is -3.58. The Morgan fingerprint density at radius 2 is 2.03 bits per heavy atom. The quantitative estimate of drug-likeness (QED) is 0.333. The maximum Gasteiger partial charge on any atom is 0.280 e. The highest BCUT2D eigenvalue weighted by Crippen LogP contribution is 2.38. The number of fused-ring (bicyclic) bond motifs is 1. The van der Waals surface area contributed by atoms with E-state index in [9.17, 15) is 24.9 Å². The largest absolute Gasteiger partial charge is 0.394 e. The number of nitrogens with two attached hydrogens (primary N) is 1. The van der Waals surface area contributed by atoms with Crippen molar-refractivity contribution < 1.29 is 24.9 Å². The van der Waals surface area contributed by atoms with Crippen LogP contribution in [0, 0.1) is 0 Å². The van der Waals surface area contributed by atoms with Crippen LogP contribution < -0.4 is 11.3 Å².